The predicted octanol–water partition coefficient (Wildman–Crippen LogP) is 2.20. The van der Waals surface area contributed by atoms with Crippen molar-refractivity contribution < 1.29 is 9.90 Å². The molecule has 2 N–H and O–H groups in total. The summed E-state index contributed by atoms with van der Waals surface area (Å²) in [5.41, 5.74) is -0.674. The van der Waals surface area contributed by atoms with E-state index in [2.05, 4.69) is 24.1 Å². The molecular formula is C16H30N2O2. The second-order valence-corrected chi connectivity index (χ2v) is 7.11. The third-order valence-corrected chi connectivity index (χ3v) is 5.39. The van der Waals surface area contributed by atoms with E-state index in [1.54, 1.807) is 7.05 Å². The molecule has 1 aliphatic heterocycles. The van der Waals surface area contributed by atoms with E-state index in [0.717, 1.165) is 44.1 Å². The lowest BCUT2D eigenvalue weighted by atomic mass is 9.84. The molecule has 4 atom stereocenters. The molecule has 0 radical (unpaired) electrons. The Morgan fingerprint density at radius 1 is 1.35 bits per heavy atom. The SMILES string of the molecule is CNC1(C(=O)O)CCCC1CCN1CC(C)CC(C)C1. The standard InChI is InChI=1S/C16H30N2O2/c1-12-9-13(2)11-18(10-12)8-6-14-5-4-7-16(14,17-3)15(19)20/h12-14,17H,4-11H2,1-3H3,(H,19,20). The summed E-state index contributed by atoms with van der Waals surface area (Å²) in [7, 11) is 1.80. The van der Waals surface area contributed by atoms with Crippen molar-refractivity contribution in [3.63, 3.8) is 0 Å². The average molecular weight is 282 g/mol. The summed E-state index contributed by atoms with van der Waals surface area (Å²) in [6.07, 6.45) is 5.19. The second kappa shape index (κ2) is 6.44. The van der Waals surface area contributed by atoms with Gasteiger partial charge in [-0.15, -0.1) is 0 Å². The van der Waals surface area contributed by atoms with Crippen LogP contribution in [0.15, 0.2) is 0 Å². The van der Waals surface area contributed by atoms with E-state index in [-0.39, 0.29) is 5.92 Å². The lowest BCUT2D eigenvalue weighted by Gasteiger charge is -2.37. The van der Waals surface area contributed by atoms with Gasteiger partial charge in [-0.2, -0.15) is 0 Å². The maximum atomic E-state index is 11.6. The van der Waals surface area contributed by atoms with Crippen molar-refractivity contribution in [1.29, 1.82) is 0 Å². The Morgan fingerprint density at radius 3 is 2.55 bits per heavy atom. The van der Waals surface area contributed by atoms with E-state index in [4.69, 9.17) is 0 Å². The molecule has 1 saturated heterocycles. The Labute approximate surface area is 122 Å². The number of carboxylic acids is 1. The number of likely N-dealkylation sites (N-methyl/N-ethyl adjacent to an activating group) is 1. The number of aliphatic carboxylic acids is 1. The van der Waals surface area contributed by atoms with Crippen molar-refractivity contribution in [2.24, 2.45) is 17.8 Å². The van der Waals surface area contributed by atoms with Crippen molar-refractivity contribution in [3.8, 4) is 0 Å². The van der Waals surface area contributed by atoms with Gasteiger partial charge in [-0.25, -0.2) is 0 Å². The first-order valence-electron chi connectivity index (χ1n) is 8.12. The third kappa shape index (κ3) is 3.17. The van der Waals surface area contributed by atoms with E-state index in [0.29, 0.717) is 0 Å². The van der Waals surface area contributed by atoms with Gasteiger partial charge in [-0.3, -0.25) is 4.79 Å². The van der Waals surface area contributed by atoms with Crippen LogP contribution in [0.25, 0.3) is 0 Å². The summed E-state index contributed by atoms with van der Waals surface area (Å²) in [6, 6.07) is 0. The molecule has 0 spiro atoms. The van der Waals surface area contributed by atoms with Gasteiger partial charge in [0.05, 0.1) is 0 Å². The van der Waals surface area contributed by atoms with Crippen molar-refractivity contribution in [2.75, 3.05) is 26.7 Å². The minimum absolute atomic E-state index is 0.275. The fraction of sp³-hybridized carbons (Fsp3) is 0.938. The number of piperidine rings is 1. The molecule has 1 aliphatic carbocycles. The van der Waals surface area contributed by atoms with Crippen LogP contribution in [0, 0.1) is 17.8 Å². The third-order valence-electron chi connectivity index (χ3n) is 5.39. The number of hydrogen-bond donors (Lipinski definition) is 2. The summed E-state index contributed by atoms with van der Waals surface area (Å²) < 4.78 is 0. The number of nitrogens with one attached hydrogen (secondary N) is 1. The summed E-state index contributed by atoms with van der Waals surface area (Å²) in [5, 5.41) is 12.7. The smallest absolute Gasteiger partial charge is 0.324 e. The average Bonchev–Trinajstić information content (AvgIpc) is 2.79. The second-order valence-electron chi connectivity index (χ2n) is 7.11. The van der Waals surface area contributed by atoms with E-state index >= 15 is 0 Å². The number of carboxylic acid groups (broad SMARTS) is 1. The zero-order chi connectivity index (χ0) is 14.8. The topological polar surface area (TPSA) is 52.6 Å². The molecular weight excluding hydrogens is 252 g/mol. The Bertz CT molecular complexity index is 337. The van der Waals surface area contributed by atoms with Crippen LogP contribution < -0.4 is 5.32 Å². The fourth-order valence-corrected chi connectivity index (χ4v) is 4.50. The molecule has 0 amide bonds. The van der Waals surface area contributed by atoms with Gasteiger partial charge in [0.1, 0.15) is 5.54 Å². The highest BCUT2D eigenvalue weighted by Gasteiger charge is 2.47. The molecule has 2 aliphatic rings. The van der Waals surface area contributed by atoms with Crippen LogP contribution in [-0.2, 0) is 4.79 Å². The van der Waals surface area contributed by atoms with E-state index in [1.807, 2.05) is 0 Å². The first-order chi connectivity index (χ1) is 9.48. The summed E-state index contributed by atoms with van der Waals surface area (Å²) in [6.45, 7) is 8.06. The highest BCUT2D eigenvalue weighted by molar-refractivity contribution is 5.79. The normalized spacial score (nSPS) is 39.0. The highest BCUT2D eigenvalue weighted by atomic mass is 16.4. The van der Waals surface area contributed by atoms with Crippen LogP contribution in [0.5, 0.6) is 0 Å². The van der Waals surface area contributed by atoms with Gasteiger partial charge in [-0.05, 0) is 57.0 Å². The van der Waals surface area contributed by atoms with Crippen molar-refractivity contribution >= 4 is 5.97 Å². The fourth-order valence-electron chi connectivity index (χ4n) is 4.50. The maximum Gasteiger partial charge on any atom is 0.324 e. The van der Waals surface area contributed by atoms with E-state index < -0.39 is 11.5 Å². The monoisotopic (exact) mass is 282 g/mol. The molecule has 1 heterocycles. The molecule has 4 unspecified atom stereocenters. The van der Waals surface area contributed by atoms with Crippen LogP contribution in [0.4, 0.5) is 0 Å². The van der Waals surface area contributed by atoms with E-state index in [1.165, 1.54) is 19.5 Å². The molecule has 4 heteroatoms. The van der Waals surface area contributed by atoms with Crippen LogP contribution in [0.3, 0.4) is 0 Å². The van der Waals surface area contributed by atoms with Gasteiger partial charge in [-0.1, -0.05) is 20.3 Å². The van der Waals surface area contributed by atoms with Gasteiger partial charge in [0.2, 0.25) is 0 Å². The molecule has 0 aromatic rings. The molecule has 20 heavy (non-hydrogen) atoms. The zero-order valence-electron chi connectivity index (χ0n) is 13.2. The van der Waals surface area contributed by atoms with Gasteiger partial charge < -0.3 is 15.3 Å². The maximum absolute atomic E-state index is 11.6. The number of likely N-dealkylation sites (tertiary alicyclic amines) is 1. The van der Waals surface area contributed by atoms with Gasteiger partial charge >= 0.3 is 5.97 Å². The lowest BCUT2D eigenvalue weighted by Crippen LogP contribution is -2.54. The molecule has 0 aromatic heterocycles. The van der Waals surface area contributed by atoms with Gasteiger partial charge in [0.15, 0.2) is 0 Å². The van der Waals surface area contributed by atoms with Crippen molar-refractivity contribution in [3.05, 3.63) is 0 Å². The number of carbonyl (C=O) groups is 1. The van der Waals surface area contributed by atoms with Crippen LogP contribution in [0.1, 0.15) is 46.0 Å². The zero-order valence-corrected chi connectivity index (χ0v) is 13.2. The molecule has 2 fully saturated rings. The van der Waals surface area contributed by atoms with Crippen LogP contribution >= 0.6 is 0 Å². The first-order valence-corrected chi connectivity index (χ1v) is 8.12. The number of nitrogens with zero attached hydrogens (tertiary/aromatic N) is 1. The van der Waals surface area contributed by atoms with E-state index in [9.17, 15) is 9.90 Å². The van der Waals surface area contributed by atoms with Crippen molar-refractivity contribution in [1.82, 2.24) is 10.2 Å². The van der Waals surface area contributed by atoms with Crippen LogP contribution in [-0.4, -0.2) is 48.2 Å². The minimum Gasteiger partial charge on any atom is -0.480 e. The molecule has 0 aromatic carbocycles. The number of rotatable bonds is 5. The molecule has 2 rings (SSSR count). The quantitative estimate of drug-likeness (QED) is 0.811. The highest BCUT2D eigenvalue weighted by Crippen LogP contribution is 2.38. The summed E-state index contributed by atoms with van der Waals surface area (Å²) >= 11 is 0. The Morgan fingerprint density at radius 2 is 2.00 bits per heavy atom. The number of hydrogen-bond acceptors (Lipinski definition) is 3. The molecule has 116 valence electrons. The Kier molecular flexibility index (Phi) is 5.08. The minimum atomic E-state index is -0.674. The lowest BCUT2D eigenvalue weighted by molar-refractivity contribution is -0.146. The summed E-state index contributed by atoms with van der Waals surface area (Å²) in [4.78, 5) is 14.2. The van der Waals surface area contributed by atoms with Crippen molar-refractivity contribution in [2.45, 2.75) is 51.5 Å². The van der Waals surface area contributed by atoms with Gasteiger partial charge in [0, 0.05) is 13.1 Å². The predicted molar refractivity (Wildman–Crippen MR) is 80.8 cm³/mol. The van der Waals surface area contributed by atoms with Crippen LogP contribution in [0.2, 0.25) is 0 Å². The first kappa shape index (κ1) is 15.8. The molecule has 1 saturated carbocycles. The molecule has 4 nitrogen and oxygen atoms in total. The van der Waals surface area contributed by atoms with Gasteiger partial charge in [0.25, 0.3) is 0 Å². The molecule has 0 bridgehead atoms. The summed E-state index contributed by atoms with van der Waals surface area (Å²) in [5.74, 6) is 1.16. The Balaban J connectivity index is 1.91. The largest absolute Gasteiger partial charge is 0.480 e. The Hall–Kier alpha value is -0.610.